The third-order valence-electron chi connectivity index (χ3n) is 3.10. The lowest BCUT2D eigenvalue weighted by molar-refractivity contribution is -0.140. The monoisotopic (exact) mass is 273 g/mol. The first-order valence-electron chi connectivity index (χ1n) is 5.59. The van der Waals surface area contributed by atoms with Crippen LogP contribution in [0.2, 0.25) is 0 Å². The smallest absolute Gasteiger partial charge is 0.322 e. The molecule has 8 heteroatoms. The van der Waals surface area contributed by atoms with Crippen LogP contribution in [0.25, 0.3) is 0 Å². The maximum absolute atomic E-state index is 12.5. The van der Waals surface area contributed by atoms with Crippen LogP contribution in [-0.4, -0.2) is 46.2 Å². The molecule has 1 aliphatic rings. The Bertz CT molecular complexity index is 558. The molecule has 18 heavy (non-hydrogen) atoms. The van der Waals surface area contributed by atoms with E-state index in [1.807, 2.05) is 0 Å². The summed E-state index contributed by atoms with van der Waals surface area (Å²) in [6.45, 7) is 1.88. The zero-order valence-electron chi connectivity index (χ0n) is 10.2. The topological polar surface area (TPSA) is 92.5 Å². The van der Waals surface area contributed by atoms with Crippen LogP contribution in [-0.2, 0) is 21.9 Å². The third-order valence-corrected chi connectivity index (χ3v) is 5.23. The van der Waals surface area contributed by atoms with Crippen LogP contribution in [0.1, 0.15) is 18.4 Å². The number of rotatable bonds is 3. The van der Waals surface area contributed by atoms with Gasteiger partial charge < -0.3 is 5.11 Å². The van der Waals surface area contributed by atoms with Gasteiger partial charge >= 0.3 is 5.97 Å². The molecule has 1 aliphatic heterocycles. The van der Waals surface area contributed by atoms with E-state index in [4.69, 9.17) is 5.11 Å². The standard InChI is InChI=1S/C10H15N3O4S/c1-7-6-11-12(2)9(7)18(16,17)13-5-3-4-8(13)10(14)15/h6,8H,3-5H2,1-2H3,(H,14,15)/t8-/m1/s1. The van der Waals surface area contributed by atoms with Gasteiger partial charge in [0.1, 0.15) is 6.04 Å². The first-order valence-corrected chi connectivity index (χ1v) is 7.03. The highest BCUT2D eigenvalue weighted by Gasteiger charge is 2.41. The van der Waals surface area contributed by atoms with E-state index in [2.05, 4.69) is 5.10 Å². The van der Waals surface area contributed by atoms with E-state index in [0.29, 0.717) is 18.4 Å². The Hall–Kier alpha value is -1.41. The van der Waals surface area contributed by atoms with Gasteiger partial charge in [-0.25, -0.2) is 8.42 Å². The molecule has 1 atom stereocenters. The van der Waals surface area contributed by atoms with Crippen LogP contribution >= 0.6 is 0 Å². The first kappa shape index (κ1) is 13.0. The van der Waals surface area contributed by atoms with Gasteiger partial charge in [0.15, 0.2) is 5.03 Å². The lowest BCUT2D eigenvalue weighted by atomic mass is 10.2. The minimum atomic E-state index is -3.80. The van der Waals surface area contributed by atoms with E-state index in [1.54, 1.807) is 6.92 Å². The van der Waals surface area contributed by atoms with Gasteiger partial charge in [0, 0.05) is 19.2 Å². The molecule has 0 aliphatic carbocycles. The molecular formula is C10H15N3O4S. The fourth-order valence-corrected chi connectivity index (χ4v) is 4.26. The van der Waals surface area contributed by atoms with E-state index >= 15 is 0 Å². The number of aliphatic carboxylic acids is 1. The van der Waals surface area contributed by atoms with Crippen LogP contribution in [0, 0.1) is 6.92 Å². The first-order chi connectivity index (χ1) is 8.35. The van der Waals surface area contributed by atoms with Gasteiger partial charge in [-0.3, -0.25) is 9.48 Å². The quantitative estimate of drug-likeness (QED) is 0.834. The number of hydrogen-bond donors (Lipinski definition) is 1. The predicted molar refractivity (Wildman–Crippen MR) is 62.5 cm³/mol. The number of carboxylic acid groups (broad SMARTS) is 1. The van der Waals surface area contributed by atoms with Crippen molar-refractivity contribution in [3.05, 3.63) is 11.8 Å². The van der Waals surface area contributed by atoms with E-state index < -0.39 is 22.0 Å². The van der Waals surface area contributed by atoms with Gasteiger partial charge in [0.2, 0.25) is 0 Å². The molecule has 0 spiro atoms. The number of sulfonamides is 1. The van der Waals surface area contributed by atoms with E-state index in [-0.39, 0.29) is 11.6 Å². The molecule has 0 unspecified atom stereocenters. The Labute approximate surface area is 105 Å². The Kier molecular flexibility index (Phi) is 3.16. The number of carboxylic acids is 1. The third kappa shape index (κ3) is 1.91. The lowest BCUT2D eigenvalue weighted by Gasteiger charge is -2.21. The second-order valence-electron chi connectivity index (χ2n) is 4.37. The summed E-state index contributed by atoms with van der Waals surface area (Å²) in [5.41, 5.74) is 0.522. The molecule has 100 valence electrons. The second kappa shape index (κ2) is 4.36. The Morgan fingerprint density at radius 1 is 1.56 bits per heavy atom. The molecule has 0 saturated carbocycles. The normalized spacial score (nSPS) is 21.3. The van der Waals surface area contributed by atoms with Crippen LogP contribution < -0.4 is 0 Å². The van der Waals surface area contributed by atoms with Gasteiger partial charge in [-0.1, -0.05) is 0 Å². The van der Waals surface area contributed by atoms with Crippen molar-refractivity contribution in [1.82, 2.24) is 14.1 Å². The van der Waals surface area contributed by atoms with Gasteiger partial charge in [0.05, 0.1) is 6.20 Å². The second-order valence-corrected chi connectivity index (χ2v) is 6.17. The molecule has 0 aromatic carbocycles. The highest BCUT2D eigenvalue weighted by molar-refractivity contribution is 7.89. The maximum Gasteiger partial charge on any atom is 0.322 e. The van der Waals surface area contributed by atoms with Crippen LogP contribution in [0.15, 0.2) is 11.2 Å². The summed E-state index contributed by atoms with van der Waals surface area (Å²) in [6, 6.07) is -0.968. The van der Waals surface area contributed by atoms with Crippen molar-refractivity contribution < 1.29 is 18.3 Å². The average molecular weight is 273 g/mol. The van der Waals surface area contributed by atoms with Gasteiger partial charge in [-0.05, 0) is 19.8 Å². The van der Waals surface area contributed by atoms with Gasteiger partial charge in [-0.2, -0.15) is 9.40 Å². The molecule has 1 N–H and O–H groups in total. The van der Waals surface area contributed by atoms with Crippen molar-refractivity contribution in [2.45, 2.75) is 30.8 Å². The molecule has 1 aromatic heterocycles. The summed E-state index contributed by atoms with van der Waals surface area (Å²) < 4.78 is 27.2. The summed E-state index contributed by atoms with van der Waals surface area (Å²) >= 11 is 0. The fourth-order valence-electron chi connectivity index (χ4n) is 2.29. The molecule has 1 saturated heterocycles. The minimum Gasteiger partial charge on any atom is -0.480 e. The highest BCUT2D eigenvalue weighted by Crippen LogP contribution is 2.27. The van der Waals surface area contributed by atoms with E-state index in [9.17, 15) is 13.2 Å². The molecule has 2 rings (SSSR count). The summed E-state index contributed by atoms with van der Waals surface area (Å²) in [5, 5.41) is 13.0. The highest BCUT2D eigenvalue weighted by atomic mass is 32.2. The number of hydrogen-bond acceptors (Lipinski definition) is 4. The summed E-state index contributed by atoms with van der Waals surface area (Å²) in [5.74, 6) is -1.10. The predicted octanol–water partition coefficient (Wildman–Crippen LogP) is -0.0338. The van der Waals surface area contributed by atoms with Crippen molar-refractivity contribution in [3.8, 4) is 0 Å². The Morgan fingerprint density at radius 2 is 2.22 bits per heavy atom. The van der Waals surface area contributed by atoms with Crippen LogP contribution in [0.4, 0.5) is 0 Å². The fraction of sp³-hybridized carbons (Fsp3) is 0.600. The number of aromatic nitrogens is 2. The van der Waals surface area contributed by atoms with Gasteiger partial charge in [0.25, 0.3) is 10.0 Å². The Morgan fingerprint density at radius 3 is 2.72 bits per heavy atom. The average Bonchev–Trinajstić information content (AvgIpc) is 2.85. The van der Waals surface area contributed by atoms with Crippen LogP contribution in [0.3, 0.4) is 0 Å². The molecular weight excluding hydrogens is 258 g/mol. The molecule has 2 heterocycles. The summed E-state index contributed by atoms with van der Waals surface area (Å²) in [6.07, 6.45) is 2.37. The molecule has 7 nitrogen and oxygen atoms in total. The van der Waals surface area contributed by atoms with Crippen LogP contribution in [0.5, 0.6) is 0 Å². The van der Waals surface area contributed by atoms with Crippen molar-refractivity contribution in [1.29, 1.82) is 0 Å². The van der Waals surface area contributed by atoms with Crippen molar-refractivity contribution in [3.63, 3.8) is 0 Å². The SMILES string of the molecule is Cc1cnn(C)c1S(=O)(=O)N1CCC[C@@H]1C(=O)O. The van der Waals surface area contributed by atoms with Gasteiger partial charge in [-0.15, -0.1) is 0 Å². The number of aryl methyl sites for hydroxylation is 2. The Balaban J connectivity index is 2.46. The lowest BCUT2D eigenvalue weighted by Crippen LogP contribution is -2.41. The molecule has 1 aromatic rings. The van der Waals surface area contributed by atoms with Crippen molar-refractivity contribution >= 4 is 16.0 Å². The molecule has 0 radical (unpaired) electrons. The number of nitrogens with zero attached hydrogens (tertiary/aromatic N) is 3. The zero-order valence-corrected chi connectivity index (χ0v) is 11.0. The molecule has 0 amide bonds. The zero-order chi connectivity index (χ0) is 13.5. The molecule has 0 bridgehead atoms. The van der Waals surface area contributed by atoms with Crippen molar-refractivity contribution in [2.24, 2.45) is 7.05 Å². The maximum atomic E-state index is 12.5. The van der Waals surface area contributed by atoms with E-state index in [1.165, 1.54) is 17.9 Å². The molecule has 1 fully saturated rings. The summed E-state index contributed by atoms with van der Waals surface area (Å²) in [7, 11) is -2.26. The van der Waals surface area contributed by atoms with Crippen molar-refractivity contribution in [2.75, 3.05) is 6.54 Å². The number of carbonyl (C=O) groups is 1. The summed E-state index contributed by atoms with van der Waals surface area (Å²) in [4.78, 5) is 11.1. The largest absolute Gasteiger partial charge is 0.480 e. The van der Waals surface area contributed by atoms with E-state index in [0.717, 1.165) is 4.31 Å². The minimum absolute atomic E-state index is 0.0654.